The molecule has 0 bridgehead atoms. The zero-order valence-corrected chi connectivity index (χ0v) is 15.7. The molecule has 10 nitrogen and oxygen atoms in total. The Kier molecular flexibility index (Phi) is 8.05. The van der Waals surface area contributed by atoms with Gasteiger partial charge in [0.05, 0.1) is 25.4 Å². The number of hydrogen-bond donors (Lipinski definition) is 2. The fourth-order valence-corrected chi connectivity index (χ4v) is 2.80. The van der Waals surface area contributed by atoms with Gasteiger partial charge >= 0.3 is 11.8 Å². The van der Waals surface area contributed by atoms with Crippen molar-refractivity contribution in [3.8, 4) is 0 Å². The molecule has 0 amide bonds. The van der Waals surface area contributed by atoms with E-state index in [1.165, 1.54) is 10.8 Å². The van der Waals surface area contributed by atoms with E-state index in [9.17, 15) is 14.9 Å². The van der Waals surface area contributed by atoms with Gasteiger partial charge in [-0.25, -0.2) is 14.3 Å². The maximum atomic E-state index is 10.8. The summed E-state index contributed by atoms with van der Waals surface area (Å²) < 4.78 is 6.62. The number of carboxylic acid groups (broad SMARTS) is 1. The van der Waals surface area contributed by atoms with Gasteiger partial charge in [0.2, 0.25) is 0 Å². The number of rotatable bonds is 6. The molecule has 0 saturated carbocycles. The van der Waals surface area contributed by atoms with Crippen molar-refractivity contribution in [3.63, 3.8) is 0 Å². The Bertz CT molecular complexity index is 801. The zero-order chi connectivity index (χ0) is 20.5. The van der Waals surface area contributed by atoms with Crippen LogP contribution >= 0.6 is 0 Å². The first kappa shape index (κ1) is 21.5. The Labute approximate surface area is 162 Å². The number of hydrogen-bond acceptors (Lipinski definition) is 7. The molecular formula is C18H24N4O6. The Morgan fingerprint density at radius 1 is 1.36 bits per heavy atom. The molecule has 1 aliphatic rings. The van der Waals surface area contributed by atoms with Crippen LogP contribution in [-0.4, -0.2) is 68.5 Å². The number of aromatic nitrogens is 2. The molecule has 0 atom stereocenters. The lowest BCUT2D eigenvalue weighted by Gasteiger charge is -2.26. The Morgan fingerprint density at radius 3 is 2.68 bits per heavy atom. The lowest BCUT2D eigenvalue weighted by atomic mass is 10.1. The number of imidazole rings is 1. The first-order valence-electron chi connectivity index (χ1n) is 8.82. The van der Waals surface area contributed by atoms with Gasteiger partial charge in [0.15, 0.2) is 5.82 Å². The Balaban J connectivity index is 0.000000209. The average Bonchev–Trinajstić information content (AvgIpc) is 3.04. The molecule has 1 aromatic heterocycles. The topological polar surface area (TPSA) is 131 Å². The van der Waals surface area contributed by atoms with Crippen LogP contribution in [0.4, 0.5) is 5.82 Å². The Morgan fingerprint density at radius 2 is 2.07 bits per heavy atom. The standard InChI is InChI=1S/C12H15NO3.C6H9N3O3/c14-12(15)11-3-1-2-10(8-11)9-13-4-6-16-7-5-13;1-5-7-4-6(9(11)12)8(5)2-3-10/h1-3,8H,4-7,9H2,(H,14,15);4,10H,2-3H2,1H3. The van der Waals surface area contributed by atoms with E-state index in [-0.39, 0.29) is 19.0 Å². The van der Waals surface area contributed by atoms with Crippen LogP contribution in [-0.2, 0) is 17.8 Å². The van der Waals surface area contributed by atoms with Gasteiger partial charge in [-0.1, -0.05) is 12.1 Å². The predicted molar refractivity (Wildman–Crippen MR) is 100 cm³/mol. The van der Waals surface area contributed by atoms with Gasteiger partial charge in [0.25, 0.3) is 0 Å². The zero-order valence-electron chi connectivity index (χ0n) is 15.7. The highest BCUT2D eigenvalue weighted by Gasteiger charge is 2.15. The number of carboxylic acids is 1. The summed E-state index contributed by atoms with van der Waals surface area (Å²) in [6, 6.07) is 7.10. The second-order valence-electron chi connectivity index (χ2n) is 6.19. The van der Waals surface area contributed by atoms with Gasteiger partial charge < -0.3 is 25.1 Å². The summed E-state index contributed by atoms with van der Waals surface area (Å²) in [5.41, 5.74) is 1.40. The van der Waals surface area contributed by atoms with Crippen molar-refractivity contribution in [1.29, 1.82) is 0 Å². The minimum absolute atomic E-state index is 0.0819. The number of aryl methyl sites for hydroxylation is 1. The highest BCUT2D eigenvalue weighted by molar-refractivity contribution is 5.87. The van der Waals surface area contributed by atoms with Crippen molar-refractivity contribution >= 4 is 11.8 Å². The number of nitro groups is 1. The number of ether oxygens (including phenoxy) is 1. The first-order chi connectivity index (χ1) is 13.4. The molecule has 0 unspecified atom stereocenters. The summed E-state index contributed by atoms with van der Waals surface area (Å²) in [6.45, 7) is 5.89. The summed E-state index contributed by atoms with van der Waals surface area (Å²) in [6.07, 6.45) is 1.19. The SMILES string of the molecule is Cc1ncc([N+](=O)[O-])n1CCO.O=C(O)c1cccc(CN2CCOCC2)c1. The molecule has 0 spiro atoms. The third-order valence-corrected chi connectivity index (χ3v) is 4.23. The van der Waals surface area contributed by atoms with Gasteiger partial charge in [-0.05, 0) is 22.6 Å². The van der Waals surface area contributed by atoms with Gasteiger partial charge in [0, 0.05) is 26.6 Å². The van der Waals surface area contributed by atoms with Crippen molar-refractivity contribution < 1.29 is 24.7 Å². The molecule has 1 saturated heterocycles. The van der Waals surface area contributed by atoms with Crippen LogP contribution in [0.15, 0.2) is 30.5 Å². The van der Waals surface area contributed by atoms with Crippen molar-refractivity contribution in [2.75, 3.05) is 32.9 Å². The Hall–Kier alpha value is -2.82. The van der Waals surface area contributed by atoms with E-state index in [2.05, 4.69) is 9.88 Å². The number of carbonyl (C=O) groups is 1. The molecule has 2 N–H and O–H groups in total. The molecule has 152 valence electrons. The quantitative estimate of drug-likeness (QED) is 0.556. The highest BCUT2D eigenvalue weighted by Crippen LogP contribution is 2.12. The third-order valence-electron chi connectivity index (χ3n) is 4.23. The van der Waals surface area contributed by atoms with Gasteiger partial charge in [-0.3, -0.25) is 4.90 Å². The minimum Gasteiger partial charge on any atom is -0.478 e. The highest BCUT2D eigenvalue weighted by atomic mass is 16.6. The van der Waals surface area contributed by atoms with Gasteiger partial charge in [-0.2, -0.15) is 0 Å². The van der Waals surface area contributed by atoms with E-state index in [4.69, 9.17) is 14.9 Å². The van der Waals surface area contributed by atoms with Crippen LogP contribution in [0.5, 0.6) is 0 Å². The fourth-order valence-electron chi connectivity index (χ4n) is 2.80. The number of aliphatic hydroxyl groups is 1. The molecule has 3 rings (SSSR count). The van der Waals surface area contributed by atoms with Crippen LogP contribution in [0, 0.1) is 17.0 Å². The molecule has 0 aliphatic carbocycles. The molecule has 1 aliphatic heterocycles. The largest absolute Gasteiger partial charge is 0.478 e. The maximum absolute atomic E-state index is 10.8. The molecule has 0 radical (unpaired) electrons. The second kappa shape index (κ2) is 10.5. The van der Waals surface area contributed by atoms with Crippen molar-refractivity contribution in [2.45, 2.75) is 20.0 Å². The summed E-state index contributed by atoms with van der Waals surface area (Å²) in [7, 11) is 0. The summed E-state index contributed by atoms with van der Waals surface area (Å²) in [5.74, 6) is -0.416. The van der Waals surface area contributed by atoms with E-state index in [0.29, 0.717) is 11.4 Å². The molecule has 28 heavy (non-hydrogen) atoms. The predicted octanol–water partition coefficient (Wildman–Crippen LogP) is 1.31. The monoisotopic (exact) mass is 392 g/mol. The molecular weight excluding hydrogens is 368 g/mol. The van der Waals surface area contributed by atoms with Crippen molar-refractivity contribution in [1.82, 2.24) is 14.5 Å². The summed E-state index contributed by atoms with van der Waals surface area (Å²) in [5, 5.41) is 27.9. The number of nitrogens with zero attached hydrogens (tertiary/aromatic N) is 4. The van der Waals surface area contributed by atoms with Crippen LogP contribution in [0.2, 0.25) is 0 Å². The first-order valence-corrected chi connectivity index (χ1v) is 8.82. The number of aromatic carboxylic acids is 1. The summed E-state index contributed by atoms with van der Waals surface area (Å²) in [4.78, 5) is 26.7. The number of benzene rings is 1. The van der Waals surface area contributed by atoms with E-state index in [0.717, 1.165) is 38.4 Å². The van der Waals surface area contributed by atoms with Crippen molar-refractivity contribution in [3.05, 3.63) is 57.5 Å². The van der Waals surface area contributed by atoms with Crippen LogP contribution in [0.3, 0.4) is 0 Å². The third kappa shape index (κ3) is 6.12. The number of morpholine rings is 1. The van der Waals surface area contributed by atoms with Crippen LogP contribution in [0.1, 0.15) is 21.7 Å². The van der Waals surface area contributed by atoms with Crippen LogP contribution < -0.4 is 0 Å². The van der Waals surface area contributed by atoms with Crippen LogP contribution in [0.25, 0.3) is 0 Å². The normalized spacial score (nSPS) is 14.2. The lowest BCUT2D eigenvalue weighted by Crippen LogP contribution is -2.35. The second-order valence-corrected chi connectivity index (χ2v) is 6.19. The molecule has 1 fully saturated rings. The van der Waals surface area contributed by atoms with Crippen molar-refractivity contribution in [2.24, 2.45) is 0 Å². The molecule has 2 aromatic rings. The fraction of sp³-hybridized carbons (Fsp3) is 0.444. The molecule has 1 aromatic carbocycles. The summed E-state index contributed by atoms with van der Waals surface area (Å²) >= 11 is 0. The van der Waals surface area contributed by atoms with Gasteiger partial charge in [-0.15, -0.1) is 0 Å². The maximum Gasteiger partial charge on any atom is 0.342 e. The van der Waals surface area contributed by atoms with E-state index >= 15 is 0 Å². The van der Waals surface area contributed by atoms with E-state index in [1.54, 1.807) is 25.1 Å². The van der Waals surface area contributed by atoms with E-state index in [1.807, 2.05) is 6.07 Å². The molecule has 2 heterocycles. The smallest absolute Gasteiger partial charge is 0.342 e. The number of aliphatic hydroxyl groups excluding tert-OH is 1. The molecule has 10 heteroatoms. The van der Waals surface area contributed by atoms with E-state index < -0.39 is 10.9 Å². The average molecular weight is 392 g/mol. The lowest BCUT2D eigenvalue weighted by molar-refractivity contribution is -0.392. The minimum atomic E-state index is -0.871. The van der Waals surface area contributed by atoms with Gasteiger partial charge in [0.1, 0.15) is 12.7 Å².